The summed E-state index contributed by atoms with van der Waals surface area (Å²) in [6, 6.07) is 5.13. The summed E-state index contributed by atoms with van der Waals surface area (Å²) in [5, 5.41) is 6.57. The molecule has 4 nitrogen and oxygen atoms in total. The molecule has 124 valence electrons. The molecule has 2 N–H and O–H groups in total. The maximum Gasteiger partial charge on any atom is 0.191 e. The van der Waals surface area contributed by atoms with Gasteiger partial charge in [-0.3, -0.25) is 0 Å². The molecule has 1 aromatic rings. The lowest BCUT2D eigenvalue weighted by Crippen LogP contribution is -2.41. The zero-order chi connectivity index (χ0) is 16.4. The molecule has 22 heavy (non-hydrogen) atoms. The molecule has 0 spiro atoms. The Balaban J connectivity index is 2.55. The van der Waals surface area contributed by atoms with E-state index in [2.05, 4.69) is 34.4 Å². The number of nitrogens with zero attached hydrogens (tertiary/aromatic N) is 2. The summed E-state index contributed by atoms with van der Waals surface area (Å²) in [4.78, 5) is 6.92. The third kappa shape index (κ3) is 6.43. The zero-order valence-electron chi connectivity index (χ0n) is 14.2. The first-order valence-corrected chi connectivity index (χ1v) is 8.10. The van der Waals surface area contributed by atoms with E-state index in [1.807, 2.05) is 13.0 Å². The van der Waals surface area contributed by atoms with Crippen molar-refractivity contribution < 1.29 is 4.39 Å². The van der Waals surface area contributed by atoms with Crippen LogP contribution in [0, 0.1) is 12.7 Å². The highest BCUT2D eigenvalue weighted by Gasteiger charge is 2.02. The fourth-order valence-electron chi connectivity index (χ4n) is 2.19. The van der Waals surface area contributed by atoms with Crippen LogP contribution in [0.2, 0.25) is 0 Å². The smallest absolute Gasteiger partial charge is 0.191 e. The molecule has 0 fully saturated rings. The van der Waals surface area contributed by atoms with Crippen molar-refractivity contribution in [2.75, 3.05) is 32.7 Å². The third-order valence-corrected chi connectivity index (χ3v) is 3.60. The molecule has 0 aliphatic heterocycles. The second kappa shape index (κ2) is 10.2. The van der Waals surface area contributed by atoms with Crippen molar-refractivity contribution in [1.29, 1.82) is 0 Å². The van der Waals surface area contributed by atoms with Crippen LogP contribution in [0.3, 0.4) is 0 Å². The Bertz CT molecular complexity index is 470. The van der Waals surface area contributed by atoms with Crippen LogP contribution in [-0.4, -0.2) is 43.6 Å². The minimum atomic E-state index is -0.169. The number of guanidine groups is 1. The van der Waals surface area contributed by atoms with Gasteiger partial charge in [-0.15, -0.1) is 0 Å². The number of aryl methyl sites for hydroxylation is 1. The van der Waals surface area contributed by atoms with Gasteiger partial charge in [0.25, 0.3) is 0 Å². The summed E-state index contributed by atoms with van der Waals surface area (Å²) in [5.41, 5.74) is 1.67. The molecule has 0 aromatic heterocycles. The quantitative estimate of drug-likeness (QED) is 0.573. The Morgan fingerprint density at radius 1 is 1.18 bits per heavy atom. The molecule has 0 saturated carbocycles. The van der Waals surface area contributed by atoms with Crippen molar-refractivity contribution in [2.45, 2.75) is 34.2 Å². The molecular formula is C17H29FN4. The monoisotopic (exact) mass is 308 g/mol. The minimum Gasteiger partial charge on any atom is -0.357 e. The van der Waals surface area contributed by atoms with Gasteiger partial charge in [0.1, 0.15) is 5.82 Å². The van der Waals surface area contributed by atoms with Crippen molar-refractivity contribution in [1.82, 2.24) is 15.5 Å². The molecule has 1 aromatic carbocycles. The van der Waals surface area contributed by atoms with Crippen LogP contribution < -0.4 is 10.6 Å². The third-order valence-electron chi connectivity index (χ3n) is 3.60. The Hall–Kier alpha value is -1.62. The van der Waals surface area contributed by atoms with Crippen LogP contribution in [0.4, 0.5) is 4.39 Å². The summed E-state index contributed by atoms with van der Waals surface area (Å²) in [7, 11) is 0. The first-order chi connectivity index (χ1) is 10.6. The van der Waals surface area contributed by atoms with E-state index in [1.165, 1.54) is 6.07 Å². The Morgan fingerprint density at radius 2 is 1.91 bits per heavy atom. The fraction of sp³-hybridized carbons (Fsp3) is 0.588. The lowest BCUT2D eigenvalue weighted by molar-refractivity contribution is 0.308. The molecule has 0 saturated heterocycles. The van der Waals surface area contributed by atoms with Crippen LogP contribution in [0.1, 0.15) is 31.9 Å². The van der Waals surface area contributed by atoms with E-state index in [4.69, 9.17) is 0 Å². The normalized spacial score (nSPS) is 11.8. The average molecular weight is 308 g/mol. The number of nitrogens with one attached hydrogen (secondary N) is 2. The lowest BCUT2D eigenvalue weighted by atomic mass is 10.1. The summed E-state index contributed by atoms with van der Waals surface area (Å²) in [6.45, 7) is 13.5. The minimum absolute atomic E-state index is 0.169. The van der Waals surface area contributed by atoms with E-state index in [1.54, 1.807) is 13.0 Å². The van der Waals surface area contributed by atoms with Crippen LogP contribution in [-0.2, 0) is 6.54 Å². The Morgan fingerprint density at radius 3 is 2.50 bits per heavy atom. The van der Waals surface area contributed by atoms with Crippen LogP contribution >= 0.6 is 0 Å². The maximum atomic E-state index is 13.3. The standard InChI is InChI=1S/C17H29FN4/c1-5-19-17(20-10-11-22(6-2)7-3)21-13-15-8-9-16(18)14(4)12-15/h8-9,12H,5-7,10-11,13H2,1-4H3,(H2,19,20,21). The highest BCUT2D eigenvalue weighted by molar-refractivity contribution is 5.79. The van der Waals surface area contributed by atoms with E-state index >= 15 is 0 Å². The molecular weight excluding hydrogens is 279 g/mol. The molecule has 0 amide bonds. The molecule has 0 unspecified atom stereocenters. The summed E-state index contributed by atoms with van der Waals surface area (Å²) < 4.78 is 13.3. The highest BCUT2D eigenvalue weighted by Crippen LogP contribution is 2.09. The SMILES string of the molecule is CCNC(=NCc1ccc(F)c(C)c1)NCCN(CC)CC. The number of hydrogen-bond donors (Lipinski definition) is 2. The van der Waals surface area contributed by atoms with Gasteiger partial charge in [-0.2, -0.15) is 0 Å². The average Bonchev–Trinajstić information content (AvgIpc) is 2.52. The molecule has 0 radical (unpaired) electrons. The predicted molar refractivity (Wildman–Crippen MR) is 91.7 cm³/mol. The number of likely N-dealkylation sites (N-methyl/N-ethyl adjacent to an activating group) is 1. The van der Waals surface area contributed by atoms with Crippen molar-refractivity contribution in [3.63, 3.8) is 0 Å². The molecule has 0 heterocycles. The van der Waals surface area contributed by atoms with Crippen LogP contribution in [0.25, 0.3) is 0 Å². The van der Waals surface area contributed by atoms with E-state index < -0.39 is 0 Å². The summed E-state index contributed by atoms with van der Waals surface area (Å²) >= 11 is 0. The summed E-state index contributed by atoms with van der Waals surface area (Å²) in [5.74, 6) is 0.633. The van der Waals surface area contributed by atoms with E-state index in [9.17, 15) is 4.39 Å². The topological polar surface area (TPSA) is 39.7 Å². The number of hydrogen-bond acceptors (Lipinski definition) is 2. The van der Waals surface area contributed by atoms with Crippen molar-refractivity contribution in [2.24, 2.45) is 4.99 Å². The Labute approximate surface area is 133 Å². The van der Waals surface area contributed by atoms with Crippen LogP contribution in [0.15, 0.2) is 23.2 Å². The van der Waals surface area contributed by atoms with Gasteiger partial charge >= 0.3 is 0 Å². The predicted octanol–water partition coefficient (Wildman–Crippen LogP) is 2.53. The highest BCUT2D eigenvalue weighted by atomic mass is 19.1. The van der Waals surface area contributed by atoms with Gasteiger partial charge in [-0.1, -0.05) is 26.0 Å². The number of benzene rings is 1. The number of halogens is 1. The first kappa shape index (κ1) is 18.4. The largest absolute Gasteiger partial charge is 0.357 e. The van der Waals surface area contributed by atoms with E-state index in [0.717, 1.165) is 44.2 Å². The van der Waals surface area contributed by atoms with Gasteiger partial charge in [-0.05, 0) is 44.1 Å². The van der Waals surface area contributed by atoms with Crippen molar-refractivity contribution in [3.05, 3.63) is 35.1 Å². The van der Waals surface area contributed by atoms with Gasteiger partial charge in [0.2, 0.25) is 0 Å². The molecule has 0 aliphatic rings. The lowest BCUT2D eigenvalue weighted by Gasteiger charge is -2.19. The van der Waals surface area contributed by atoms with Gasteiger partial charge in [0.05, 0.1) is 6.54 Å². The zero-order valence-corrected chi connectivity index (χ0v) is 14.2. The second-order valence-electron chi connectivity index (χ2n) is 5.23. The first-order valence-electron chi connectivity index (χ1n) is 8.10. The molecule has 0 aliphatic carbocycles. The van der Waals surface area contributed by atoms with E-state index in [0.29, 0.717) is 12.1 Å². The molecule has 1 rings (SSSR count). The number of rotatable bonds is 8. The van der Waals surface area contributed by atoms with Gasteiger partial charge in [0, 0.05) is 19.6 Å². The van der Waals surface area contributed by atoms with Crippen molar-refractivity contribution >= 4 is 5.96 Å². The molecule has 5 heteroatoms. The van der Waals surface area contributed by atoms with Gasteiger partial charge < -0.3 is 15.5 Å². The van der Waals surface area contributed by atoms with Gasteiger partial charge in [-0.25, -0.2) is 9.38 Å². The Kier molecular flexibility index (Phi) is 8.51. The second-order valence-corrected chi connectivity index (χ2v) is 5.23. The van der Waals surface area contributed by atoms with E-state index in [-0.39, 0.29) is 5.82 Å². The summed E-state index contributed by atoms with van der Waals surface area (Å²) in [6.07, 6.45) is 0. The molecule has 0 bridgehead atoms. The fourth-order valence-corrected chi connectivity index (χ4v) is 2.19. The van der Waals surface area contributed by atoms with Gasteiger partial charge in [0.15, 0.2) is 5.96 Å². The maximum absolute atomic E-state index is 13.3. The van der Waals surface area contributed by atoms with Crippen LogP contribution in [0.5, 0.6) is 0 Å². The number of aliphatic imine (C=N–C) groups is 1. The van der Waals surface area contributed by atoms with Crippen molar-refractivity contribution in [3.8, 4) is 0 Å². The molecule has 0 atom stereocenters.